The molecule has 0 unspecified atom stereocenters. The number of oxime groups is 1. The number of para-hydroxylation sites is 2. The van der Waals surface area contributed by atoms with Crippen LogP contribution in [0.1, 0.15) is 5.69 Å². The Labute approximate surface area is 99.4 Å². The molecule has 0 bridgehead atoms. The third-order valence-electron chi connectivity index (χ3n) is 2.33. The summed E-state index contributed by atoms with van der Waals surface area (Å²) in [5, 5.41) is 12.3. The van der Waals surface area contributed by atoms with Crippen LogP contribution < -0.4 is 0 Å². The summed E-state index contributed by atoms with van der Waals surface area (Å²) in [6.07, 6.45) is 1.63. The van der Waals surface area contributed by atoms with Gasteiger partial charge in [-0.2, -0.15) is 0 Å². The third kappa shape index (κ3) is 2.57. The Morgan fingerprint density at radius 1 is 1.29 bits per heavy atom. The fourth-order valence-corrected chi connectivity index (χ4v) is 1.56. The van der Waals surface area contributed by atoms with E-state index in [9.17, 15) is 0 Å². The Balaban J connectivity index is 2.41. The SMILES string of the molecule is CN(C)C/C(=N/O)c1cnc2ccccc2n1. The summed E-state index contributed by atoms with van der Waals surface area (Å²) >= 11 is 0. The molecule has 0 saturated carbocycles. The van der Waals surface area contributed by atoms with Gasteiger partial charge >= 0.3 is 0 Å². The monoisotopic (exact) mass is 230 g/mol. The highest BCUT2D eigenvalue weighted by Crippen LogP contribution is 2.09. The van der Waals surface area contributed by atoms with Gasteiger partial charge in [0, 0.05) is 6.54 Å². The first kappa shape index (κ1) is 11.5. The second-order valence-corrected chi connectivity index (χ2v) is 4.03. The molecule has 5 heteroatoms. The lowest BCUT2D eigenvalue weighted by atomic mass is 10.2. The molecule has 0 fully saturated rings. The van der Waals surface area contributed by atoms with Crippen molar-refractivity contribution in [1.29, 1.82) is 0 Å². The third-order valence-corrected chi connectivity index (χ3v) is 2.33. The lowest BCUT2D eigenvalue weighted by molar-refractivity contribution is 0.314. The van der Waals surface area contributed by atoms with Crippen molar-refractivity contribution in [1.82, 2.24) is 14.9 Å². The molecule has 0 spiro atoms. The molecule has 17 heavy (non-hydrogen) atoms. The molecular formula is C12H14N4O. The number of nitrogens with zero attached hydrogens (tertiary/aromatic N) is 4. The zero-order valence-corrected chi connectivity index (χ0v) is 9.83. The number of fused-ring (bicyclic) bond motifs is 1. The van der Waals surface area contributed by atoms with Crippen LogP contribution in [0.15, 0.2) is 35.6 Å². The molecule has 1 N–H and O–H groups in total. The Morgan fingerprint density at radius 3 is 2.65 bits per heavy atom. The van der Waals surface area contributed by atoms with Crippen LogP contribution in [-0.4, -0.2) is 46.4 Å². The van der Waals surface area contributed by atoms with Gasteiger partial charge in [-0.05, 0) is 26.2 Å². The topological polar surface area (TPSA) is 61.6 Å². The van der Waals surface area contributed by atoms with E-state index in [1.165, 1.54) is 0 Å². The van der Waals surface area contributed by atoms with Crippen molar-refractivity contribution in [3.63, 3.8) is 0 Å². The quantitative estimate of drug-likeness (QED) is 0.491. The second-order valence-electron chi connectivity index (χ2n) is 4.03. The van der Waals surface area contributed by atoms with Crippen LogP contribution >= 0.6 is 0 Å². The van der Waals surface area contributed by atoms with Gasteiger partial charge in [0.25, 0.3) is 0 Å². The number of benzene rings is 1. The molecule has 2 rings (SSSR count). The smallest absolute Gasteiger partial charge is 0.121 e. The first-order valence-electron chi connectivity index (χ1n) is 5.28. The Morgan fingerprint density at radius 2 is 2.00 bits per heavy atom. The van der Waals surface area contributed by atoms with Crippen molar-refractivity contribution in [3.8, 4) is 0 Å². The standard InChI is InChI=1S/C12H14N4O/c1-16(2)8-12(15-17)11-7-13-9-5-3-4-6-10(9)14-11/h3-7,17H,8H2,1-2H3/b15-12-. The average Bonchev–Trinajstić information content (AvgIpc) is 2.35. The first-order valence-corrected chi connectivity index (χ1v) is 5.28. The van der Waals surface area contributed by atoms with E-state index in [0.717, 1.165) is 11.0 Å². The molecule has 1 aromatic carbocycles. The van der Waals surface area contributed by atoms with E-state index in [1.807, 2.05) is 43.3 Å². The van der Waals surface area contributed by atoms with Crippen molar-refractivity contribution in [3.05, 3.63) is 36.2 Å². The molecule has 0 aliphatic carbocycles. The Kier molecular flexibility index (Phi) is 3.30. The first-order chi connectivity index (χ1) is 8.20. The molecule has 88 valence electrons. The molecule has 0 aliphatic heterocycles. The van der Waals surface area contributed by atoms with Crippen LogP contribution in [0.4, 0.5) is 0 Å². The second kappa shape index (κ2) is 4.88. The molecule has 1 heterocycles. The number of rotatable bonds is 3. The highest BCUT2D eigenvalue weighted by Gasteiger charge is 2.08. The van der Waals surface area contributed by atoms with E-state index in [4.69, 9.17) is 5.21 Å². The lowest BCUT2D eigenvalue weighted by Gasteiger charge is -2.10. The molecule has 2 aromatic rings. The van der Waals surface area contributed by atoms with Gasteiger partial charge in [0.1, 0.15) is 11.4 Å². The summed E-state index contributed by atoms with van der Waals surface area (Å²) in [5.41, 5.74) is 2.73. The fraction of sp³-hybridized carbons (Fsp3) is 0.250. The van der Waals surface area contributed by atoms with Crippen LogP contribution in [0.5, 0.6) is 0 Å². The summed E-state index contributed by atoms with van der Waals surface area (Å²) in [4.78, 5) is 10.6. The highest BCUT2D eigenvalue weighted by atomic mass is 16.4. The van der Waals surface area contributed by atoms with E-state index in [2.05, 4.69) is 15.1 Å². The number of hydrogen-bond donors (Lipinski definition) is 1. The van der Waals surface area contributed by atoms with Gasteiger partial charge in [0.2, 0.25) is 0 Å². The van der Waals surface area contributed by atoms with Crippen LogP contribution in [0.25, 0.3) is 11.0 Å². The molecule has 0 saturated heterocycles. The van der Waals surface area contributed by atoms with Crippen molar-refractivity contribution in [2.75, 3.05) is 20.6 Å². The number of aromatic nitrogens is 2. The lowest BCUT2D eigenvalue weighted by Crippen LogP contribution is -2.23. The van der Waals surface area contributed by atoms with Crippen molar-refractivity contribution >= 4 is 16.7 Å². The molecule has 0 amide bonds. The van der Waals surface area contributed by atoms with Crippen molar-refractivity contribution in [2.45, 2.75) is 0 Å². The summed E-state index contributed by atoms with van der Waals surface area (Å²) in [6, 6.07) is 7.60. The maximum absolute atomic E-state index is 8.99. The van der Waals surface area contributed by atoms with Crippen molar-refractivity contribution < 1.29 is 5.21 Å². The molecule has 0 atom stereocenters. The van der Waals surface area contributed by atoms with Gasteiger partial charge in [0.15, 0.2) is 0 Å². The maximum Gasteiger partial charge on any atom is 0.121 e. The minimum Gasteiger partial charge on any atom is -0.411 e. The van der Waals surface area contributed by atoms with Gasteiger partial charge in [-0.25, -0.2) is 4.98 Å². The zero-order valence-electron chi connectivity index (χ0n) is 9.83. The summed E-state index contributed by atoms with van der Waals surface area (Å²) in [6.45, 7) is 0.517. The van der Waals surface area contributed by atoms with E-state index < -0.39 is 0 Å². The van der Waals surface area contributed by atoms with Crippen molar-refractivity contribution in [2.24, 2.45) is 5.16 Å². The van der Waals surface area contributed by atoms with Crippen LogP contribution in [-0.2, 0) is 0 Å². The van der Waals surface area contributed by atoms with E-state index in [0.29, 0.717) is 18.0 Å². The van der Waals surface area contributed by atoms with Gasteiger partial charge in [-0.15, -0.1) is 0 Å². The van der Waals surface area contributed by atoms with Crippen LogP contribution in [0.3, 0.4) is 0 Å². The highest BCUT2D eigenvalue weighted by molar-refractivity contribution is 6.00. The minimum atomic E-state index is 0.508. The van der Waals surface area contributed by atoms with E-state index in [1.54, 1.807) is 6.20 Å². The zero-order chi connectivity index (χ0) is 12.3. The summed E-state index contributed by atoms with van der Waals surface area (Å²) < 4.78 is 0. The molecule has 1 aromatic heterocycles. The van der Waals surface area contributed by atoms with Crippen LogP contribution in [0, 0.1) is 0 Å². The van der Waals surface area contributed by atoms with Gasteiger partial charge in [-0.3, -0.25) is 4.98 Å². The number of likely N-dealkylation sites (N-methyl/N-ethyl adjacent to an activating group) is 1. The predicted molar refractivity (Wildman–Crippen MR) is 66.4 cm³/mol. The molecule has 0 aliphatic rings. The average molecular weight is 230 g/mol. The minimum absolute atomic E-state index is 0.508. The van der Waals surface area contributed by atoms with Gasteiger partial charge in [0.05, 0.1) is 17.2 Å². The molecule has 0 radical (unpaired) electrons. The summed E-state index contributed by atoms with van der Waals surface area (Å²) in [5.74, 6) is 0. The maximum atomic E-state index is 8.99. The van der Waals surface area contributed by atoms with Crippen LogP contribution in [0.2, 0.25) is 0 Å². The fourth-order valence-electron chi connectivity index (χ4n) is 1.56. The largest absolute Gasteiger partial charge is 0.411 e. The molecular weight excluding hydrogens is 216 g/mol. The van der Waals surface area contributed by atoms with E-state index >= 15 is 0 Å². The molecule has 5 nitrogen and oxygen atoms in total. The summed E-state index contributed by atoms with van der Waals surface area (Å²) in [7, 11) is 3.80. The van der Waals surface area contributed by atoms with E-state index in [-0.39, 0.29) is 0 Å². The van der Waals surface area contributed by atoms with Gasteiger partial charge in [-0.1, -0.05) is 17.3 Å². The predicted octanol–water partition coefficient (Wildman–Crippen LogP) is 1.37. The van der Waals surface area contributed by atoms with Gasteiger partial charge < -0.3 is 10.1 Å². The normalized spacial score (nSPS) is 12.3. The Bertz CT molecular complexity index is 551. The Hall–Kier alpha value is -2.01. The number of hydrogen-bond acceptors (Lipinski definition) is 5.